The van der Waals surface area contributed by atoms with Crippen LogP contribution in [-0.2, 0) is 6.54 Å². The van der Waals surface area contributed by atoms with Crippen LogP contribution in [0.15, 0.2) is 18.2 Å². The zero-order chi connectivity index (χ0) is 15.0. The van der Waals surface area contributed by atoms with Gasteiger partial charge in [-0.15, -0.1) is 0 Å². The normalized spacial score (nSPS) is 11.2. The van der Waals surface area contributed by atoms with Crippen molar-refractivity contribution in [2.45, 2.75) is 46.2 Å². The summed E-state index contributed by atoms with van der Waals surface area (Å²) in [7, 11) is 0. The number of nitrogens with one attached hydrogen (secondary N) is 1. The number of hydrogen-bond acceptors (Lipinski definition) is 3. The summed E-state index contributed by atoms with van der Waals surface area (Å²) < 4.78 is 35.3. The number of hydrogen-bond donors (Lipinski definition) is 1. The third kappa shape index (κ3) is 6.19. The Morgan fingerprint density at radius 1 is 1.20 bits per heavy atom. The maximum absolute atomic E-state index is 12.3. The molecule has 0 aliphatic rings. The fraction of sp³-hybridized carbons (Fsp3) is 0.600. The second kappa shape index (κ2) is 8.74. The van der Waals surface area contributed by atoms with Gasteiger partial charge in [0.1, 0.15) is 18.1 Å². The van der Waals surface area contributed by atoms with Gasteiger partial charge in [-0.3, -0.25) is 0 Å². The first-order valence-corrected chi connectivity index (χ1v) is 6.93. The van der Waals surface area contributed by atoms with E-state index in [0.29, 0.717) is 30.7 Å². The van der Waals surface area contributed by atoms with E-state index in [1.807, 2.05) is 32.9 Å². The Hall–Kier alpha value is -1.36. The van der Waals surface area contributed by atoms with Crippen LogP contribution in [0, 0.1) is 0 Å². The fourth-order valence-corrected chi connectivity index (χ4v) is 1.59. The second-order valence-electron chi connectivity index (χ2n) is 4.86. The van der Waals surface area contributed by atoms with Gasteiger partial charge in [0.05, 0.1) is 6.61 Å². The van der Waals surface area contributed by atoms with Gasteiger partial charge in [-0.05, 0) is 12.5 Å². The molecular weight excluding hydrogens is 264 g/mol. The summed E-state index contributed by atoms with van der Waals surface area (Å²) in [5.41, 5.74) is 0.850. The van der Waals surface area contributed by atoms with Gasteiger partial charge in [-0.1, -0.05) is 26.8 Å². The number of rotatable bonds is 9. The van der Waals surface area contributed by atoms with Crippen LogP contribution in [0.3, 0.4) is 0 Å². The molecule has 0 unspecified atom stereocenters. The predicted molar refractivity (Wildman–Crippen MR) is 75.7 cm³/mol. The molecule has 0 saturated heterocycles. The molecule has 5 heteroatoms. The Kier molecular flexibility index (Phi) is 7.30. The topological polar surface area (TPSA) is 30.5 Å². The van der Waals surface area contributed by atoms with Crippen LogP contribution in [0.1, 0.15) is 32.8 Å². The molecule has 20 heavy (non-hydrogen) atoms. The first-order chi connectivity index (χ1) is 9.52. The van der Waals surface area contributed by atoms with Crippen LogP contribution in [0.5, 0.6) is 11.5 Å². The van der Waals surface area contributed by atoms with Gasteiger partial charge >= 0.3 is 0 Å². The van der Waals surface area contributed by atoms with Crippen molar-refractivity contribution in [1.29, 1.82) is 0 Å². The highest BCUT2D eigenvalue weighted by molar-refractivity contribution is 5.40. The van der Waals surface area contributed by atoms with Crippen molar-refractivity contribution in [3.8, 4) is 11.5 Å². The van der Waals surface area contributed by atoms with E-state index in [9.17, 15) is 8.78 Å². The lowest BCUT2D eigenvalue weighted by atomic mass is 10.2. The lowest BCUT2D eigenvalue weighted by Gasteiger charge is -2.15. The minimum Gasteiger partial charge on any atom is -0.493 e. The second-order valence-corrected chi connectivity index (χ2v) is 4.86. The maximum atomic E-state index is 12.3. The first kappa shape index (κ1) is 16.7. The minimum absolute atomic E-state index is 0.314. The zero-order valence-corrected chi connectivity index (χ0v) is 12.3. The first-order valence-electron chi connectivity index (χ1n) is 6.93. The number of alkyl halides is 2. The summed E-state index contributed by atoms with van der Waals surface area (Å²) in [5.74, 6) is 1.09. The Balaban J connectivity index is 2.79. The third-order valence-electron chi connectivity index (χ3n) is 2.58. The van der Waals surface area contributed by atoms with Crippen LogP contribution in [0.25, 0.3) is 0 Å². The van der Waals surface area contributed by atoms with Crippen molar-refractivity contribution in [3.63, 3.8) is 0 Å². The summed E-state index contributed by atoms with van der Waals surface area (Å²) in [4.78, 5) is 0. The smallest absolute Gasteiger partial charge is 0.272 e. The van der Waals surface area contributed by atoms with Crippen molar-refractivity contribution >= 4 is 0 Å². The molecule has 0 saturated carbocycles. The Morgan fingerprint density at radius 2 is 1.95 bits per heavy atom. The molecule has 0 aromatic heterocycles. The van der Waals surface area contributed by atoms with Gasteiger partial charge in [0.25, 0.3) is 6.43 Å². The van der Waals surface area contributed by atoms with Gasteiger partial charge < -0.3 is 14.8 Å². The average molecular weight is 287 g/mol. The van der Waals surface area contributed by atoms with Crippen LogP contribution >= 0.6 is 0 Å². The van der Waals surface area contributed by atoms with Gasteiger partial charge in [-0.2, -0.15) is 0 Å². The van der Waals surface area contributed by atoms with Gasteiger partial charge in [-0.25, -0.2) is 8.78 Å². The summed E-state index contributed by atoms with van der Waals surface area (Å²) in [6, 6.07) is 5.67. The number of halogens is 2. The van der Waals surface area contributed by atoms with E-state index in [1.54, 1.807) is 6.07 Å². The zero-order valence-electron chi connectivity index (χ0n) is 12.3. The van der Waals surface area contributed by atoms with Crippen molar-refractivity contribution in [3.05, 3.63) is 23.8 Å². The van der Waals surface area contributed by atoms with E-state index < -0.39 is 13.0 Å². The highest BCUT2D eigenvalue weighted by atomic mass is 19.3. The Labute approximate surface area is 119 Å². The largest absolute Gasteiger partial charge is 0.493 e. The highest BCUT2D eigenvalue weighted by Gasteiger charge is 2.10. The molecule has 0 bridgehead atoms. The third-order valence-corrected chi connectivity index (χ3v) is 2.58. The molecule has 114 valence electrons. The summed E-state index contributed by atoms with van der Waals surface area (Å²) in [6.07, 6.45) is -1.59. The van der Waals surface area contributed by atoms with Crippen LogP contribution in [-0.4, -0.2) is 25.7 Å². The van der Waals surface area contributed by atoms with Crippen LogP contribution in [0.2, 0.25) is 0 Å². The molecule has 1 aromatic carbocycles. The van der Waals surface area contributed by atoms with Crippen molar-refractivity contribution in [1.82, 2.24) is 5.32 Å². The minimum atomic E-state index is -2.49. The SMILES string of the molecule is CCCOc1ccc(CNC(C)C)c(OCC(F)F)c1. The van der Waals surface area contributed by atoms with E-state index in [-0.39, 0.29) is 0 Å². The molecular formula is C15H23F2NO2. The van der Waals surface area contributed by atoms with E-state index in [1.165, 1.54) is 0 Å². The molecule has 0 fully saturated rings. The van der Waals surface area contributed by atoms with Crippen LogP contribution < -0.4 is 14.8 Å². The molecule has 1 N–H and O–H groups in total. The monoisotopic (exact) mass is 287 g/mol. The highest BCUT2D eigenvalue weighted by Crippen LogP contribution is 2.25. The van der Waals surface area contributed by atoms with E-state index in [0.717, 1.165) is 12.0 Å². The lowest BCUT2D eigenvalue weighted by Crippen LogP contribution is -2.22. The van der Waals surface area contributed by atoms with Crippen molar-refractivity contribution in [2.24, 2.45) is 0 Å². The molecule has 1 rings (SSSR count). The molecule has 3 nitrogen and oxygen atoms in total. The van der Waals surface area contributed by atoms with Gasteiger partial charge in [0.2, 0.25) is 0 Å². The van der Waals surface area contributed by atoms with Gasteiger partial charge in [0, 0.05) is 24.2 Å². The Morgan fingerprint density at radius 3 is 2.55 bits per heavy atom. The summed E-state index contributed by atoms with van der Waals surface area (Å²) in [6.45, 7) is 6.63. The number of ether oxygens (including phenoxy) is 2. The van der Waals surface area contributed by atoms with Crippen molar-refractivity contribution in [2.75, 3.05) is 13.2 Å². The van der Waals surface area contributed by atoms with Crippen molar-refractivity contribution < 1.29 is 18.3 Å². The van der Waals surface area contributed by atoms with E-state index >= 15 is 0 Å². The fourth-order valence-electron chi connectivity index (χ4n) is 1.59. The van der Waals surface area contributed by atoms with E-state index in [2.05, 4.69) is 5.32 Å². The molecule has 0 aliphatic carbocycles. The van der Waals surface area contributed by atoms with Crippen LogP contribution in [0.4, 0.5) is 8.78 Å². The predicted octanol–water partition coefficient (Wildman–Crippen LogP) is 3.62. The Bertz CT molecular complexity index is 397. The quantitative estimate of drug-likeness (QED) is 0.752. The molecule has 0 heterocycles. The molecule has 0 radical (unpaired) electrons. The van der Waals surface area contributed by atoms with Gasteiger partial charge in [0.15, 0.2) is 0 Å². The molecule has 0 spiro atoms. The van der Waals surface area contributed by atoms with E-state index in [4.69, 9.17) is 9.47 Å². The molecule has 0 amide bonds. The molecule has 0 atom stereocenters. The number of benzene rings is 1. The summed E-state index contributed by atoms with van der Waals surface area (Å²) in [5, 5.41) is 3.24. The molecule has 1 aromatic rings. The average Bonchev–Trinajstić information content (AvgIpc) is 2.41. The molecule has 0 aliphatic heterocycles. The lowest BCUT2D eigenvalue weighted by molar-refractivity contribution is 0.0811. The maximum Gasteiger partial charge on any atom is 0.272 e. The standard InChI is InChI=1S/C15H23F2NO2/c1-4-7-19-13-6-5-12(9-18-11(2)3)14(8-13)20-10-15(16)17/h5-6,8,11,15,18H,4,7,9-10H2,1-3H3. The summed E-state index contributed by atoms with van der Waals surface area (Å²) >= 11 is 0.